The van der Waals surface area contributed by atoms with Crippen molar-refractivity contribution in [3.05, 3.63) is 175 Å². The Morgan fingerprint density at radius 1 is 0.667 bits per heavy atom. The zero-order valence-electron chi connectivity index (χ0n) is 33.5. The van der Waals surface area contributed by atoms with Crippen LogP contribution in [0.3, 0.4) is 0 Å². The van der Waals surface area contributed by atoms with Crippen molar-refractivity contribution < 1.29 is 41.8 Å². The van der Waals surface area contributed by atoms with Gasteiger partial charge in [0, 0.05) is 35.7 Å². The molecule has 324 valence electrons. The van der Waals surface area contributed by atoms with Crippen LogP contribution in [0.5, 0.6) is 0 Å². The number of nitrogens with two attached hydrogens (primary N) is 1. The van der Waals surface area contributed by atoms with E-state index in [9.17, 15) is 46.3 Å². The third-order valence-electron chi connectivity index (χ3n) is 9.79. The molecule has 2 aliphatic heterocycles. The number of rotatable bonds is 5. The van der Waals surface area contributed by atoms with E-state index in [1.165, 1.54) is 27.6 Å². The third kappa shape index (κ3) is 10.6. The van der Waals surface area contributed by atoms with Gasteiger partial charge in [0.1, 0.15) is 29.3 Å². The highest BCUT2D eigenvalue weighted by atomic mass is 19.1. The number of carbonyl (C=O) groups excluding carboxylic acids is 3. The molecular weight excluding hydrogens is 829 g/mol. The lowest BCUT2D eigenvalue weighted by Crippen LogP contribution is -2.45. The van der Waals surface area contributed by atoms with Gasteiger partial charge in [-0.1, -0.05) is 36.4 Å². The normalized spacial score (nSPS) is 15.3. The Labute approximate surface area is 355 Å². The van der Waals surface area contributed by atoms with Crippen LogP contribution in [0, 0.1) is 37.1 Å². The minimum atomic E-state index is -1.32. The second kappa shape index (κ2) is 19.3. The van der Waals surface area contributed by atoms with Gasteiger partial charge in [-0.05, 0) is 87.1 Å². The van der Waals surface area contributed by atoms with E-state index in [-0.39, 0.29) is 29.9 Å². The maximum Gasteiger partial charge on any atom is 0.360 e. The van der Waals surface area contributed by atoms with Crippen molar-refractivity contribution in [2.24, 2.45) is 5.73 Å². The fourth-order valence-corrected chi connectivity index (χ4v) is 6.65. The largest absolute Gasteiger partial charge is 0.476 e. The Morgan fingerprint density at radius 3 is 1.60 bits per heavy atom. The first-order chi connectivity index (χ1) is 30.0. The predicted octanol–water partition coefficient (Wildman–Crippen LogP) is 4.92. The van der Waals surface area contributed by atoms with Gasteiger partial charge in [0.15, 0.2) is 5.69 Å². The molecule has 4 heterocycles. The number of fused-ring (bicyclic) bond motifs is 2. The van der Waals surface area contributed by atoms with Gasteiger partial charge in [-0.3, -0.25) is 24.0 Å². The molecule has 2 aliphatic rings. The van der Waals surface area contributed by atoms with Crippen LogP contribution < -0.4 is 32.5 Å². The standard InChI is InChI=1S/C22H18F2N4O3.C12H10N2O3.C10H10F2N2O/c1-12-9-18(29)20(27-28(12)15-5-3-2-4-6-15)22(31)25-17-8-7-13-10-14(23)11-16(24)19(13)26-21(17)30;1-8-7-10(15)11(12(16)17)13-14(8)9-5-3-2-4-6-9;11-6-3-5-1-2-8(13)10(15)14-9(5)7(12)4-6/h2-6,9-11,17H,7-8H2,1H3,(H,25,31)(H,26,30);2-7H,1H3,(H,16,17);3-4,8H,1-2,13H2,(H,14,15). The maximum absolute atomic E-state index is 14.0. The molecule has 15 nitrogen and oxygen atoms in total. The van der Waals surface area contributed by atoms with E-state index in [0.717, 1.165) is 12.1 Å². The number of halogens is 4. The summed E-state index contributed by atoms with van der Waals surface area (Å²) in [5.41, 5.74) is 6.69. The Balaban J connectivity index is 0.000000174. The van der Waals surface area contributed by atoms with E-state index >= 15 is 0 Å². The minimum absolute atomic E-state index is 0.0503. The van der Waals surface area contributed by atoms with Crippen molar-refractivity contribution in [2.45, 2.75) is 51.6 Å². The molecule has 6 aromatic rings. The summed E-state index contributed by atoms with van der Waals surface area (Å²) in [5.74, 6) is -6.28. The fourth-order valence-electron chi connectivity index (χ4n) is 6.65. The van der Waals surface area contributed by atoms with E-state index in [4.69, 9.17) is 10.8 Å². The number of anilines is 2. The summed E-state index contributed by atoms with van der Waals surface area (Å²) in [6.45, 7) is 3.39. The van der Waals surface area contributed by atoms with E-state index in [1.54, 1.807) is 50.2 Å². The predicted molar refractivity (Wildman–Crippen MR) is 222 cm³/mol. The summed E-state index contributed by atoms with van der Waals surface area (Å²) in [6.07, 6.45) is 1.04. The second-order valence-corrected chi connectivity index (χ2v) is 14.3. The van der Waals surface area contributed by atoms with Gasteiger partial charge in [0.25, 0.3) is 5.91 Å². The van der Waals surface area contributed by atoms with Gasteiger partial charge in [0.05, 0.1) is 28.8 Å². The van der Waals surface area contributed by atoms with E-state index in [0.29, 0.717) is 52.8 Å². The number of hydrogen-bond donors (Lipinski definition) is 5. The molecule has 8 rings (SSSR count). The number of carboxylic acids is 1. The number of hydrogen-bond acceptors (Lipinski definition) is 9. The molecule has 63 heavy (non-hydrogen) atoms. The van der Waals surface area contributed by atoms with E-state index in [2.05, 4.69) is 26.1 Å². The summed E-state index contributed by atoms with van der Waals surface area (Å²) in [6, 6.07) is 22.6. The van der Waals surface area contributed by atoms with Crippen molar-refractivity contribution in [3.8, 4) is 11.4 Å². The van der Waals surface area contributed by atoms with Crippen LogP contribution >= 0.6 is 0 Å². The molecule has 2 unspecified atom stereocenters. The lowest BCUT2D eigenvalue weighted by Gasteiger charge is -2.16. The highest BCUT2D eigenvalue weighted by Crippen LogP contribution is 2.27. The van der Waals surface area contributed by atoms with Crippen molar-refractivity contribution in [3.63, 3.8) is 0 Å². The van der Waals surface area contributed by atoms with E-state index < -0.39 is 75.6 Å². The number of para-hydroxylation sites is 2. The van der Waals surface area contributed by atoms with E-state index in [1.807, 2.05) is 24.3 Å². The summed E-state index contributed by atoms with van der Waals surface area (Å²) in [5, 5.41) is 24.1. The number of amides is 3. The Bertz CT molecular complexity index is 2860. The van der Waals surface area contributed by atoms with Crippen LogP contribution in [0.15, 0.2) is 107 Å². The Hall–Kier alpha value is -7.80. The van der Waals surface area contributed by atoms with Crippen molar-refractivity contribution >= 4 is 35.1 Å². The number of nitrogens with one attached hydrogen (secondary N) is 3. The van der Waals surface area contributed by atoms with Gasteiger partial charge in [-0.15, -0.1) is 0 Å². The molecule has 0 saturated carbocycles. The molecule has 0 radical (unpaired) electrons. The summed E-state index contributed by atoms with van der Waals surface area (Å²) < 4.78 is 56.6. The average Bonchev–Trinajstić information content (AvgIpc) is 3.49. The van der Waals surface area contributed by atoms with Gasteiger partial charge < -0.3 is 26.8 Å². The number of carboxylic acid groups (broad SMARTS) is 1. The molecule has 0 bridgehead atoms. The molecule has 19 heteroatoms. The number of aryl methyl sites for hydroxylation is 4. The lowest BCUT2D eigenvalue weighted by molar-refractivity contribution is -0.118. The number of carbonyl (C=O) groups is 4. The maximum atomic E-state index is 14.0. The topological polar surface area (TPSA) is 220 Å². The van der Waals surface area contributed by atoms with Gasteiger partial charge in [-0.25, -0.2) is 31.7 Å². The Morgan fingerprint density at radius 2 is 1.11 bits per heavy atom. The highest BCUT2D eigenvalue weighted by Gasteiger charge is 2.29. The SMILES string of the molecule is Cc1cc(=O)c(C(=O)NC2CCc3cc(F)cc(F)c3NC2=O)nn1-c1ccccc1.Cc1cc(=O)c(C(=O)O)nn1-c1ccccc1.NC1CCc2cc(F)cc(F)c2NC1=O. The fraction of sp³-hybridized carbons (Fsp3) is 0.182. The zero-order chi connectivity index (χ0) is 45.5. The molecular formula is C44H38F4N8O7. The van der Waals surface area contributed by atoms with Crippen LogP contribution in [0.4, 0.5) is 28.9 Å². The van der Waals surface area contributed by atoms with Crippen molar-refractivity contribution in [2.75, 3.05) is 10.6 Å². The van der Waals surface area contributed by atoms with Gasteiger partial charge in [-0.2, -0.15) is 10.2 Å². The average molecular weight is 867 g/mol. The smallest absolute Gasteiger partial charge is 0.360 e. The number of aromatic nitrogens is 4. The summed E-state index contributed by atoms with van der Waals surface area (Å²) in [4.78, 5) is 71.3. The monoisotopic (exact) mass is 866 g/mol. The first-order valence-electron chi connectivity index (χ1n) is 19.2. The van der Waals surface area contributed by atoms with Crippen molar-refractivity contribution in [1.29, 1.82) is 0 Å². The molecule has 0 aliphatic carbocycles. The highest BCUT2D eigenvalue weighted by molar-refractivity contribution is 6.01. The molecule has 6 N–H and O–H groups in total. The molecule has 2 aromatic heterocycles. The number of aromatic carboxylic acids is 1. The molecule has 2 atom stereocenters. The first kappa shape index (κ1) is 44.7. The molecule has 0 fully saturated rings. The van der Waals surface area contributed by atoms with Crippen LogP contribution in [0.2, 0.25) is 0 Å². The van der Waals surface area contributed by atoms with Crippen LogP contribution in [0.1, 0.15) is 56.3 Å². The second-order valence-electron chi connectivity index (χ2n) is 14.3. The summed E-state index contributed by atoms with van der Waals surface area (Å²) >= 11 is 0. The number of nitrogens with zero attached hydrogens (tertiary/aromatic N) is 4. The Kier molecular flexibility index (Phi) is 13.7. The van der Waals surface area contributed by atoms with Crippen LogP contribution in [0.25, 0.3) is 11.4 Å². The van der Waals surface area contributed by atoms with Crippen molar-refractivity contribution in [1.82, 2.24) is 24.9 Å². The zero-order valence-corrected chi connectivity index (χ0v) is 33.5. The lowest BCUT2D eigenvalue weighted by atomic mass is 10.1. The van der Waals surface area contributed by atoms with Crippen LogP contribution in [-0.2, 0) is 22.4 Å². The van der Waals surface area contributed by atoms with Crippen LogP contribution in [-0.4, -0.2) is 60.4 Å². The molecule has 4 aromatic carbocycles. The minimum Gasteiger partial charge on any atom is -0.476 e. The molecule has 0 spiro atoms. The first-order valence-corrected chi connectivity index (χ1v) is 19.2. The third-order valence-corrected chi connectivity index (χ3v) is 9.79. The molecule has 0 saturated heterocycles. The van der Waals surface area contributed by atoms with Gasteiger partial charge in [0.2, 0.25) is 28.4 Å². The quantitative estimate of drug-likeness (QED) is 0.147. The number of benzene rings is 4. The summed E-state index contributed by atoms with van der Waals surface area (Å²) in [7, 11) is 0. The molecule has 3 amide bonds. The van der Waals surface area contributed by atoms with Gasteiger partial charge >= 0.3 is 5.97 Å².